The first-order chi connectivity index (χ1) is 32.0. The maximum absolute atomic E-state index is 13.2. The van der Waals surface area contributed by atoms with E-state index in [1.165, 1.54) is 135 Å². The minimum Gasteiger partial charge on any atom is -0.462 e. The third-order valence-corrected chi connectivity index (χ3v) is 12.3. The molecule has 0 saturated carbocycles. The zero-order valence-electron chi connectivity index (χ0n) is 42.9. The number of rotatable bonds is 49. The summed E-state index contributed by atoms with van der Waals surface area (Å²) in [5, 5.41) is 23.8. The van der Waals surface area contributed by atoms with Crippen LogP contribution in [-0.4, -0.2) is 46.9 Å². The zero-order chi connectivity index (χ0) is 47.4. The van der Waals surface area contributed by atoms with Crippen molar-refractivity contribution >= 4 is 11.9 Å². The van der Waals surface area contributed by atoms with Gasteiger partial charge in [0, 0.05) is 6.42 Å². The van der Waals surface area contributed by atoms with E-state index in [1.54, 1.807) is 0 Å². The molecule has 3 N–H and O–H groups in total. The third-order valence-electron chi connectivity index (χ3n) is 12.3. The van der Waals surface area contributed by atoms with Gasteiger partial charge in [-0.05, 0) is 96.3 Å². The van der Waals surface area contributed by atoms with Gasteiger partial charge in [0.25, 0.3) is 0 Å². The Kier molecular flexibility index (Phi) is 50.1. The SMILES string of the molecule is CCCCC/C=C\C/C=C\C/C=C\C/C=C\CCCC(=O)OC(CCCCCCCCC/C=C\C/C=C\CCCCC)CC(=O)NC(CO)C(O)CCCCCCCCCCCCCC. The maximum Gasteiger partial charge on any atom is 0.306 e. The Morgan fingerprint density at radius 2 is 0.785 bits per heavy atom. The Labute approximate surface area is 402 Å². The zero-order valence-corrected chi connectivity index (χ0v) is 42.9. The average molecular weight is 908 g/mol. The Morgan fingerprint density at radius 3 is 1.22 bits per heavy atom. The number of esters is 1. The lowest BCUT2D eigenvalue weighted by molar-refractivity contribution is -0.151. The largest absolute Gasteiger partial charge is 0.462 e. The number of allylic oxidation sites excluding steroid dienone is 12. The van der Waals surface area contributed by atoms with Crippen molar-refractivity contribution in [2.75, 3.05) is 6.61 Å². The fourth-order valence-corrected chi connectivity index (χ4v) is 8.04. The van der Waals surface area contributed by atoms with Crippen molar-refractivity contribution in [1.29, 1.82) is 0 Å². The first kappa shape index (κ1) is 62.3. The molecule has 65 heavy (non-hydrogen) atoms. The van der Waals surface area contributed by atoms with Gasteiger partial charge in [0.15, 0.2) is 0 Å². The molecule has 0 aromatic heterocycles. The van der Waals surface area contributed by atoms with Crippen molar-refractivity contribution in [1.82, 2.24) is 5.32 Å². The molecule has 376 valence electrons. The van der Waals surface area contributed by atoms with Gasteiger partial charge in [0.2, 0.25) is 5.91 Å². The van der Waals surface area contributed by atoms with Gasteiger partial charge in [0.05, 0.1) is 25.2 Å². The highest BCUT2D eigenvalue weighted by Crippen LogP contribution is 2.17. The normalized spacial score (nSPS) is 13.7. The van der Waals surface area contributed by atoms with Crippen molar-refractivity contribution < 1.29 is 24.5 Å². The summed E-state index contributed by atoms with van der Waals surface area (Å²) in [7, 11) is 0. The topological polar surface area (TPSA) is 95.9 Å². The quantitative estimate of drug-likeness (QED) is 0.0321. The lowest BCUT2D eigenvalue weighted by atomic mass is 10.0. The highest BCUT2D eigenvalue weighted by molar-refractivity contribution is 5.77. The second kappa shape index (κ2) is 52.3. The van der Waals surface area contributed by atoms with Crippen LogP contribution in [0.25, 0.3) is 0 Å². The van der Waals surface area contributed by atoms with Crippen molar-refractivity contribution in [3.63, 3.8) is 0 Å². The lowest BCUT2D eigenvalue weighted by Gasteiger charge is -2.24. The molecule has 0 fully saturated rings. The molecule has 6 nitrogen and oxygen atoms in total. The smallest absolute Gasteiger partial charge is 0.306 e. The van der Waals surface area contributed by atoms with Gasteiger partial charge < -0.3 is 20.3 Å². The first-order valence-electron chi connectivity index (χ1n) is 27.7. The van der Waals surface area contributed by atoms with Gasteiger partial charge in [-0.25, -0.2) is 0 Å². The summed E-state index contributed by atoms with van der Waals surface area (Å²) in [6.45, 7) is 6.42. The highest BCUT2D eigenvalue weighted by Gasteiger charge is 2.24. The summed E-state index contributed by atoms with van der Waals surface area (Å²) in [5.74, 6) is -0.546. The third kappa shape index (κ3) is 47.6. The van der Waals surface area contributed by atoms with E-state index in [1.807, 2.05) is 0 Å². The molecular weight excluding hydrogens is 803 g/mol. The monoisotopic (exact) mass is 908 g/mol. The molecule has 0 aliphatic heterocycles. The summed E-state index contributed by atoms with van der Waals surface area (Å²) < 4.78 is 5.92. The van der Waals surface area contributed by atoms with Crippen LogP contribution in [0.1, 0.15) is 265 Å². The van der Waals surface area contributed by atoms with Gasteiger partial charge in [-0.15, -0.1) is 0 Å². The van der Waals surface area contributed by atoms with Crippen molar-refractivity contribution in [3.8, 4) is 0 Å². The summed E-state index contributed by atoms with van der Waals surface area (Å²) in [6, 6.07) is -0.718. The van der Waals surface area contributed by atoms with Gasteiger partial charge in [-0.1, -0.05) is 229 Å². The minimum absolute atomic E-state index is 0.0485. The Bertz CT molecular complexity index is 1200. The number of ether oxygens (including phenoxy) is 1. The lowest BCUT2D eigenvalue weighted by Crippen LogP contribution is -2.46. The number of hydrogen-bond acceptors (Lipinski definition) is 5. The van der Waals surface area contributed by atoms with Crippen molar-refractivity contribution in [2.24, 2.45) is 0 Å². The van der Waals surface area contributed by atoms with Crippen LogP contribution in [0, 0.1) is 0 Å². The van der Waals surface area contributed by atoms with E-state index in [0.29, 0.717) is 25.7 Å². The Hall–Kier alpha value is -2.70. The number of carbonyl (C=O) groups is 2. The van der Waals surface area contributed by atoms with E-state index in [9.17, 15) is 19.8 Å². The summed E-state index contributed by atoms with van der Waals surface area (Å²) in [4.78, 5) is 26.2. The van der Waals surface area contributed by atoms with E-state index < -0.39 is 18.2 Å². The van der Waals surface area contributed by atoms with Gasteiger partial charge in [-0.2, -0.15) is 0 Å². The van der Waals surface area contributed by atoms with Crippen LogP contribution in [0.15, 0.2) is 72.9 Å². The fourth-order valence-electron chi connectivity index (χ4n) is 8.04. The summed E-state index contributed by atoms with van der Waals surface area (Å²) in [6.07, 6.45) is 66.7. The molecular formula is C59H105NO5. The summed E-state index contributed by atoms with van der Waals surface area (Å²) in [5.41, 5.74) is 0. The number of aliphatic hydroxyl groups excluding tert-OH is 2. The van der Waals surface area contributed by atoms with Crippen LogP contribution in [0.3, 0.4) is 0 Å². The number of unbranched alkanes of at least 4 members (excludes halogenated alkanes) is 25. The molecule has 1 amide bonds. The van der Waals surface area contributed by atoms with Crippen LogP contribution in [0.5, 0.6) is 0 Å². The van der Waals surface area contributed by atoms with E-state index >= 15 is 0 Å². The molecule has 0 heterocycles. The van der Waals surface area contributed by atoms with Gasteiger partial charge in [0.1, 0.15) is 6.10 Å². The molecule has 0 aromatic carbocycles. The number of nitrogens with one attached hydrogen (secondary N) is 1. The molecule has 0 saturated heterocycles. The maximum atomic E-state index is 13.2. The number of amides is 1. The molecule has 3 atom stereocenters. The fraction of sp³-hybridized carbons (Fsp3) is 0.763. The highest BCUT2D eigenvalue weighted by atomic mass is 16.5. The number of hydrogen-bond donors (Lipinski definition) is 3. The van der Waals surface area contributed by atoms with Crippen molar-refractivity contribution in [2.45, 2.75) is 283 Å². The number of carbonyl (C=O) groups excluding carboxylic acids is 2. The van der Waals surface area contributed by atoms with E-state index in [-0.39, 0.29) is 24.9 Å². The van der Waals surface area contributed by atoms with Crippen LogP contribution < -0.4 is 5.32 Å². The standard InChI is InChI=1S/C59H105NO5/c1-4-7-10-13-16-19-22-25-27-29-31-33-35-38-41-44-47-50-55(65-59(64)52-49-46-43-40-37-34-32-30-28-26-23-20-17-14-11-8-5-2)53-58(63)60-56(54-61)57(62)51-48-45-42-39-36-24-21-18-15-12-9-6-3/h16-17,19-20,25-28,32,34,40,43,55-57,61-62H,4-15,18,21-24,29-31,33,35-39,41-42,44-54H2,1-3H3,(H,60,63)/b19-16-,20-17-,27-25-,28-26-,34-32-,43-40-. The number of aliphatic hydroxyl groups is 2. The second-order valence-electron chi connectivity index (χ2n) is 18.6. The van der Waals surface area contributed by atoms with E-state index in [0.717, 1.165) is 77.0 Å². The molecule has 0 rings (SSSR count). The van der Waals surface area contributed by atoms with Crippen LogP contribution in [-0.2, 0) is 14.3 Å². The molecule has 0 aliphatic rings. The molecule has 3 unspecified atom stereocenters. The van der Waals surface area contributed by atoms with Gasteiger partial charge in [-0.3, -0.25) is 9.59 Å². The van der Waals surface area contributed by atoms with E-state index in [4.69, 9.17) is 4.74 Å². The van der Waals surface area contributed by atoms with Crippen LogP contribution in [0.4, 0.5) is 0 Å². The molecule has 6 heteroatoms. The van der Waals surface area contributed by atoms with Gasteiger partial charge >= 0.3 is 5.97 Å². The molecule has 0 spiro atoms. The summed E-state index contributed by atoms with van der Waals surface area (Å²) >= 11 is 0. The average Bonchev–Trinajstić information content (AvgIpc) is 3.30. The Balaban J connectivity index is 4.69. The minimum atomic E-state index is -0.802. The molecule has 0 radical (unpaired) electrons. The molecule has 0 aliphatic carbocycles. The second-order valence-corrected chi connectivity index (χ2v) is 18.6. The predicted octanol–water partition coefficient (Wildman–Crippen LogP) is 17.0. The van der Waals surface area contributed by atoms with Crippen LogP contribution >= 0.6 is 0 Å². The first-order valence-corrected chi connectivity index (χ1v) is 27.7. The van der Waals surface area contributed by atoms with Crippen LogP contribution in [0.2, 0.25) is 0 Å². The Morgan fingerprint density at radius 1 is 0.446 bits per heavy atom. The van der Waals surface area contributed by atoms with E-state index in [2.05, 4.69) is 99.0 Å². The van der Waals surface area contributed by atoms with Crippen molar-refractivity contribution in [3.05, 3.63) is 72.9 Å². The molecule has 0 bridgehead atoms. The predicted molar refractivity (Wildman–Crippen MR) is 282 cm³/mol. The molecule has 0 aromatic rings.